The van der Waals surface area contributed by atoms with E-state index in [1.54, 1.807) is 6.07 Å². The molecule has 0 bridgehead atoms. The Hall–Kier alpha value is -1.85. The first-order valence-electron chi connectivity index (χ1n) is 4.93. The fraction of sp³-hybridized carbons (Fsp3) is 0.167. The van der Waals surface area contributed by atoms with E-state index < -0.39 is 24.1 Å². The highest BCUT2D eigenvalue weighted by atomic mass is 19.4. The molecule has 0 amide bonds. The molecule has 0 fully saturated rings. The molecule has 0 saturated heterocycles. The van der Waals surface area contributed by atoms with Gasteiger partial charge in [-0.2, -0.15) is 22.0 Å². The molecule has 0 aliphatic rings. The smallest absolute Gasteiger partial charge is 0.419 e. The van der Waals surface area contributed by atoms with E-state index in [1.165, 1.54) is 24.3 Å². The summed E-state index contributed by atoms with van der Waals surface area (Å²) in [5.41, 5.74) is -1.21. The van der Waals surface area contributed by atoms with Crippen LogP contribution in [0.25, 0.3) is 10.8 Å². The quantitative estimate of drug-likeness (QED) is 0.726. The van der Waals surface area contributed by atoms with Gasteiger partial charge in [-0.15, -0.1) is 0 Å². The van der Waals surface area contributed by atoms with Gasteiger partial charge in [-0.25, -0.2) is 0 Å². The second kappa shape index (κ2) is 4.44. The van der Waals surface area contributed by atoms with Gasteiger partial charge in [0.1, 0.15) is 5.75 Å². The third-order valence-corrected chi connectivity index (χ3v) is 2.39. The van der Waals surface area contributed by atoms with Crippen LogP contribution in [0.1, 0.15) is 5.56 Å². The van der Waals surface area contributed by atoms with Crippen molar-refractivity contribution in [1.29, 1.82) is 0 Å². The monoisotopic (exact) mass is 262 g/mol. The number of benzene rings is 2. The first-order valence-corrected chi connectivity index (χ1v) is 4.93. The first kappa shape index (κ1) is 12.6. The fourth-order valence-electron chi connectivity index (χ4n) is 1.68. The van der Waals surface area contributed by atoms with Crippen LogP contribution in [0.3, 0.4) is 0 Å². The summed E-state index contributed by atoms with van der Waals surface area (Å²) in [5.74, 6) is -0.837. The Balaban J connectivity index is 2.71. The molecule has 0 heterocycles. The van der Waals surface area contributed by atoms with Gasteiger partial charge in [0.05, 0.1) is 5.56 Å². The number of fused-ring (bicyclic) bond motifs is 1. The highest BCUT2D eigenvalue weighted by Crippen LogP contribution is 2.41. The molecule has 0 aliphatic carbocycles. The van der Waals surface area contributed by atoms with E-state index in [0.29, 0.717) is 5.39 Å². The highest BCUT2D eigenvalue weighted by Gasteiger charge is 2.35. The largest absolute Gasteiger partial charge is 0.434 e. The minimum atomic E-state index is -4.74. The van der Waals surface area contributed by atoms with Crippen LogP contribution in [-0.4, -0.2) is 6.61 Å². The zero-order valence-corrected chi connectivity index (χ0v) is 8.84. The van der Waals surface area contributed by atoms with Crippen LogP contribution in [0.5, 0.6) is 5.75 Å². The molecule has 0 N–H and O–H groups in total. The molecule has 96 valence electrons. The van der Waals surface area contributed by atoms with E-state index in [4.69, 9.17) is 0 Å². The van der Waals surface area contributed by atoms with E-state index in [0.717, 1.165) is 6.07 Å². The predicted octanol–water partition coefficient (Wildman–Crippen LogP) is 4.46. The van der Waals surface area contributed by atoms with Crippen molar-refractivity contribution < 1.29 is 26.7 Å². The molecule has 2 rings (SSSR count). The predicted molar refractivity (Wildman–Crippen MR) is 55.6 cm³/mol. The van der Waals surface area contributed by atoms with Crippen molar-refractivity contribution in [3.63, 3.8) is 0 Å². The zero-order chi connectivity index (χ0) is 13.3. The summed E-state index contributed by atoms with van der Waals surface area (Å²) in [6.45, 7) is -3.31. The number of ether oxygens (including phenoxy) is 1. The van der Waals surface area contributed by atoms with Crippen molar-refractivity contribution in [1.82, 2.24) is 0 Å². The Labute approximate surface area is 98.8 Å². The van der Waals surface area contributed by atoms with Crippen LogP contribution >= 0.6 is 0 Å². The maximum atomic E-state index is 12.7. The molecular formula is C12H7F5O. The average Bonchev–Trinajstić information content (AvgIpc) is 2.27. The van der Waals surface area contributed by atoms with Crippen molar-refractivity contribution in [2.24, 2.45) is 0 Å². The van der Waals surface area contributed by atoms with Crippen LogP contribution in [0.4, 0.5) is 22.0 Å². The molecule has 2 aromatic carbocycles. The van der Waals surface area contributed by atoms with Crippen LogP contribution < -0.4 is 4.74 Å². The van der Waals surface area contributed by atoms with Gasteiger partial charge in [-0.1, -0.05) is 30.3 Å². The standard InChI is InChI=1S/C12H7F5O/c13-11(14)18-10-8-4-2-1-3-7(8)5-6-9(10)12(15,16)17/h1-6,11H. The van der Waals surface area contributed by atoms with Crippen molar-refractivity contribution in [3.05, 3.63) is 42.0 Å². The zero-order valence-electron chi connectivity index (χ0n) is 8.84. The van der Waals surface area contributed by atoms with Gasteiger partial charge in [0.15, 0.2) is 0 Å². The average molecular weight is 262 g/mol. The lowest BCUT2D eigenvalue weighted by Gasteiger charge is -2.15. The van der Waals surface area contributed by atoms with Gasteiger partial charge >= 0.3 is 12.8 Å². The van der Waals surface area contributed by atoms with Gasteiger partial charge in [0, 0.05) is 5.39 Å². The van der Waals surface area contributed by atoms with Crippen molar-refractivity contribution in [3.8, 4) is 5.75 Å². The number of rotatable bonds is 2. The Kier molecular flexibility index (Phi) is 3.11. The summed E-state index contributed by atoms with van der Waals surface area (Å²) in [6, 6.07) is 7.84. The van der Waals surface area contributed by atoms with E-state index in [2.05, 4.69) is 4.74 Å². The van der Waals surface area contributed by atoms with Gasteiger partial charge in [-0.3, -0.25) is 0 Å². The topological polar surface area (TPSA) is 9.23 Å². The Morgan fingerprint density at radius 2 is 1.61 bits per heavy atom. The Morgan fingerprint density at radius 1 is 0.944 bits per heavy atom. The number of alkyl halides is 5. The second-order valence-electron chi connectivity index (χ2n) is 3.54. The summed E-state index contributed by atoms with van der Waals surface area (Å²) in [5, 5.41) is 0.411. The maximum Gasteiger partial charge on any atom is 0.419 e. The Morgan fingerprint density at radius 3 is 2.22 bits per heavy atom. The molecule has 0 unspecified atom stereocenters. The summed E-state index contributed by atoms with van der Waals surface area (Å²) < 4.78 is 66.6. The van der Waals surface area contributed by atoms with Crippen LogP contribution in [0.15, 0.2) is 36.4 Å². The number of halogens is 5. The second-order valence-corrected chi connectivity index (χ2v) is 3.54. The van der Waals surface area contributed by atoms with Gasteiger partial charge < -0.3 is 4.74 Å². The normalized spacial score (nSPS) is 12.1. The molecule has 0 saturated carbocycles. The molecule has 18 heavy (non-hydrogen) atoms. The van der Waals surface area contributed by atoms with E-state index >= 15 is 0 Å². The summed E-state index contributed by atoms with van der Waals surface area (Å²) in [6.07, 6.45) is -4.74. The van der Waals surface area contributed by atoms with Gasteiger partial charge in [0.25, 0.3) is 0 Å². The molecule has 0 radical (unpaired) electrons. The molecule has 0 atom stereocenters. The minimum Gasteiger partial charge on any atom is -0.434 e. The molecule has 0 aromatic heterocycles. The van der Waals surface area contributed by atoms with E-state index in [-0.39, 0.29) is 5.39 Å². The van der Waals surface area contributed by atoms with E-state index in [1.807, 2.05) is 0 Å². The van der Waals surface area contributed by atoms with Crippen molar-refractivity contribution >= 4 is 10.8 Å². The van der Waals surface area contributed by atoms with Gasteiger partial charge in [-0.05, 0) is 11.5 Å². The van der Waals surface area contributed by atoms with Crippen molar-refractivity contribution in [2.75, 3.05) is 0 Å². The summed E-state index contributed by atoms with van der Waals surface area (Å²) in [4.78, 5) is 0. The molecular weight excluding hydrogens is 255 g/mol. The minimum absolute atomic E-state index is 0.00706. The van der Waals surface area contributed by atoms with Crippen LogP contribution in [-0.2, 0) is 6.18 Å². The molecule has 1 nitrogen and oxygen atoms in total. The Bertz CT molecular complexity index is 562. The third-order valence-electron chi connectivity index (χ3n) is 2.39. The lowest BCUT2D eigenvalue weighted by molar-refractivity contribution is -0.141. The third kappa shape index (κ3) is 2.37. The number of hydrogen-bond donors (Lipinski definition) is 0. The maximum absolute atomic E-state index is 12.7. The highest BCUT2D eigenvalue weighted by molar-refractivity contribution is 5.89. The van der Waals surface area contributed by atoms with Gasteiger partial charge in [0.2, 0.25) is 0 Å². The van der Waals surface area contributed by atoms with Crippen LogP contribution in [0, 0.1) is 0 Å². The van der Waals surface area contributed by atoms with Crippen molar-refractivity contribution in [2.45, 2.75) is 12.8 Å². The summed E-state index contributed by atoms with van der Waals surface area (Å²) in [7, 11) is 0. The fourth-order valence-corrected chi connectivity index (χ4v) is 1.68. The molecule has 2 aromatic rings. The van der Waals surface area contributed by atoms with Crippen LogP contribution in [0.2, 0.25) is 0 Å². The number of hydrogen-bond acceptors (Lipinski definition) is 1. The lowest BCUT2D eigenvalue weighted by atomic mass is 10.1. The molecule has 6 heteroatoms. The van der Waals surface area contributed by atoms with E-state index in [9.17, 15) is 22.0 Å². The summed E-state index contributed by atoms with van der Waals surface area (Å²) >= 11 is 0. The first-order chi connectivity index (χ1) is 8.39. The SMILES string of the molecule is FC(F)Oc1c(C(F)(F)F)ccc2ccccc12. The lowest BCUT2D eigenvalue weighted by Crippen LogP contribution is -2.11. The molecule has 0 aliphatic heterocycles. The molecule has 0 spiro atoms.